The molecule has 15 heavy (non-hydrogen) atoms. The number of aromatic nitrogens is 3. The van der Waals surface area contributed by atoms with Crippen LogP contribution in [0.25, 0.3) is 11.5 Å². The van der Waals surface area contributed by atoms with Crippen LogP contribution >= 0.6 is 31.9 Å². The first-order chi connectivity index (χ1) is 7.16. The third kappa shape index (κ3) is 2.41. The van der Waals surface area contributed by atoms with Crippen LogP contribution in [0.15, 0.2) is 33.6 Å². The van der Waals surface area contributed by atoms with E-state index in [2.05, 4.69) is 46.8 Å². The Morgan fingerprint density at radius 1 is 1.13 bits per heavy atom. The molecule has 0 radical (unpaired) electrons. The number of hydrogen-bond donors (Lipinski definition) is 0. The molecule has 0 atom stereocenters. The lowest BCUT2D eigenvalue weighted by Crippen LogP contribution is -1.95. The van der Waals surface area contributed by atoms with E-state index in [1.807, 2.05) is 19.1 Å². The minimum absolute atomic E-state index is 0.620. The van der Waals surface area contributed by atoms with E-state index in [1.165, 1.54) is 0 Å². The number of aryl methyl sites for hydroxylation is 1. The van der Waals surface area contributed by atoms with E-state index in [-0.39, 0.29) is 0 Å². The van der Waals surface area contributed by atoms with E-state index in [1.54, 1.807) is 12.3 Å². The van der Waals surface area contributed by atoms with Crippen LogP contribution in [0.3, 0.4) is 0 Å². The molecule has 0 spiro atoms. The molecule has 5 heteroatoms. The minimum atomic E-state index is 0.620. The summed E-state index contributed by atoms with van der Waals surface area (Å²) >= 11 is 6.65. The molecule has 0 aromatic carbocycles. The molecular formula is C10H7Br2N3. The SMILES string of the molecule is Cc1cccnc1-c1nc(Br)cc(Br)n1. The summed E-state index contributed by atoms with van der Waals surface area (Å²) in [4.78, 5) is 12.8. The predicted molar refractivity (Wildman–Crippen MR) is 65.4 cm³/mol. The van der Waals surface area contributed by atoms with Crippen molar-refractivity contribution in [2.24, 2.45) is 0 Å². The molecule has 0 unspecified atom stereocenters. The van der Waals surface area contributed by atoms with Crippen LogP contribution in [0.4, 0.5) is 0 Å². The van der Waals surface area contributed by atoms with Crippen LogP contribution < -0.4 is 0 Å². The highest BCUT2D eigenvalue weighted by Gasteiger charge is 2.07. The Hall–Kier alpha value is -0.810. The number of rotatable bonds is 1. The first kappa shape index (κ1) is 10.7. The predicted octanol–water partition coefficient (Wildman–Crippen LogP) is 3.37. The smallest absolute Gasteiger partial charge is 0.180 e. The molecule has 3 nitrogen and oxygen atoms in total. The van der Waals surface area contributed by atoms with E-state index >= 15 is 0 Å². The average molecular weight is 329 g/mol. The summed E-state index contributed by atoms with van der Waals surface area (Å²) in [5, 5.41) is 0. The molecule has 76 valence electrons. The Labute approximate surface area is 104 Å². The Bertz CT molecular complexity index is 480. The highest BCUT2D eigenvalue weighted by atomic mass is 79.9. The molecule has 0 aliphatic heterocycles. The van der Waals surface area contributed by atoms with Crippen molar-refractivity contribution in [1.29, 1.82) is 0 Å². The highest BCUT2D eigenvalue weighted by molar-refractivity contribution is 9.11. The molecule has 0 bridgehead atoms. The van der Waals surface area contributed by atoms with Crippen molar-refractivity contribution in [3.8, 4) is 11.5 Å². The Morgan fingerprint density at radius 2 is 1.80 bits per heavy atom. The maximum Gasteiger partial charge on any atom is 0.180 e. The quantitative estimate of drug-likeness (QED) is 0.753. The van der Waals surface area contributed by atoms with Crippen LogP contribution in [0.2, 0.25) is 0 Å². The van der Waals surface area contributed by atoms with Crippen LogP contribution in [0.1, 0.15) is 5.56 Å². The van der Waals surface area contributed by atoms with Gasteiger partial charge in [-0.25, -0.2) is 9.97 Å². The summed E-state index contributed by atoms with van der Waals surface area (Å²) in [5.41, 5.74) is 1.86. The van der Waals surface area contributed by atoms with Gasteiger partial charge in [0, 0.05) is 12.3 Å². The van der Waals surface area contributed by atoms with Crippen LogP contribution in [-0.2, 0) is 0 Å². The second-order valence-corrected chi connectivity index (χ2v) is 4.63. The Kier molecular flexibility index (Phi) is 3.11. The number of nitrogens with zero attached hydrogens (tertiary/aromatic N) is 3. The van der Waals surface area contributed by atoms with E-state index in [0.717, 1.165) is 20.5 Å². The van der Waals surface area contributed by atoms with Gasteiger partial charge in [0.2, 0.25) is 0 Å². The van der Waals surface area contributed by atoms with Crippen molar-refractivity contribution in [3.05, 3.63) is 39.2 Å². The first-order valence-electron chi connectivity index (χ1n) is 4.29. The highest BCUT2D eigenvalue weighted by Crippen LogP contribution is 2.21. The van der Waals surface area contributed by atoms with Gasteiger partial charge in [-0.15, -0.1) is 0 Å². The van der Waals surface area contributed by atoms with Crippen molar-refractivity contribution in [3.63, 3.8) is 0 Å². The van der Waals surface area contributed by atoms with Crippen LogP contribution in [0.5, 0.6) is 0 Å². The molecule has 2 aromatic heterocycles. The van der Waals surface area contributed by atoms with Gasteiger partial charge in [0.05, 0.1) is 0 Å². The zero-order valence-corrected chi connectivity index (χ0v) is 11.1. The molecule has 0 aliphatic rings. The second-order valence-electron chi connectivity index (χ2n) is 3.01. The van der Waals surface area contributed by atoms with Gasteiger partial charge < -0.3 is 0 Å². The van der Waals surface area contributed by atoms with Gasteiger partial charge >= 0.3 is 0 Å². The topological polar surface area (TPSA) is 38.7 Å². The third-order valence-electron chi connectivity index (χ3n) is 1.88. The Balaban J connectivity index is 2.59. The van der Waals surface area contributed by atoms with Crippen molar-refractivity contribution in [2.45, 2.75) is 6.92 Å². The summed E-state index contributed by atoms with van der Waals surface area (Å²) in [5.74, 6) is 0.620. The fourth-order valence-corrected chi connectivity index (χ4v) is 2.29. The summed E-state index contributed by atoms with van der Waals surface area (Å²) in [6, 6.07) is 5.67. The van der Waals surface area contributed by atoms with Crippen LogP contribution in [-0.4, -0.2) is 15.0 Å². The zero-order valence-electron chi connectivity index (χ0n) is 7.91. The molecule has 0 amide bonds. The summed E-state index contributed by atoms with van der Waals surface area (Å²) in [6.07, 6.45) is 1.74. The zero-order chi connectivity index (χ0) is 10.8. The minimum Gasteiger partial charge on any atom is -0.253 e. The first-order valence-corrected chi connectivity index (χ1v) is 5.87. The fraction of sp³-hybridized carbons (Fsp3) is 0.100. The normalized spacial score (nSPS) is 10.3. The molecule has 0 fully saturated rings. The maximum atomic E-state index is 4.28. The molecule has 0 aliphatic carbocycles. The summed E-state index contributed by atoms with van der Waals surface area (Å²) in [7, 11) is 0. The third-order valence-corrected chi connectivity index (χ3v) is 2.70. The van der Waals surface area contributed by atoms with Gasteiger partial charge in [0.25, 0.3) is 0 Å². The van der Waals surface area contributed by atoms with E-state index in [9.17, 15) is 0 Å². The van der Waals surface area contributed by atoms with Crippen molar-refractivity contribution >= 4 is 31.9 Å². The molecule has 2 aromatic rings. The van der Waals surface area contributed by atoms with Gasteiger partial charge in [-0.2, -0.15) is 0 Å². The number of pyridine rings is 1. The Morgan fingerprint density at radius 3 is 2.40 bits per heavy atom. The monoisotopic (exact) mass is 327 g/mol. The standard InChI is InChI=1S/C10H7Br2N3/c1-6-3-2-4-13-9(6)10-14-7(11)5-8(12)15-10/h2-5H,1H3. The van der Waals surface area contributed by atoms with Crippen molar-refractivity contribution in [1.82, 2.24) is 15.0 Å². The second kappa shape index (κ2) is 4.37. The number of halogens is 2. The van der Waals surface area contributed by atoms with E-state index in [4.69, 9.17) is 0 Å². The van der Waals surface area contributed by atoms with Gasteiger partial charge in [0.15, 0.2) is 5.82 Å². The van der Waals surface area contributed by atoms with Gasteiger partial charge in [-0.05, 0) is 50.4 Å². The average Bonchev–Trinajstić information content (AvgIpc) is 2.16. The van der Waals surface area contributed by atoms with Gasteiger partial charge in [-0.3, -0.25) is 4.98 Å². The lowest BCUT2D eigenvalue weighted by Gasteiger charge is -2.03. The van der Waals surface area contributed by atoms with E-state index in [0.29, 0.717) is 5.82 Å². The van der Waals surface area contributed by atoms with Gasteiger partial charge in [-0.1, -0.05) is 6.07 Å². The molecular weight excluding hydrogens is 322 g/mol. The van der Waals surface area contributed by atoms with Crippen LogP contribution in [0, 0.1) is 6.92 Å². The number of hydrogen-bond acceptors (Lipinski definition) is 3. The summed E-state index contributed by atoms with van der Waals surface area (Å²) < 4.78 is 1.48. The molecule has 2 rings (SSSR count). The molecule has 0 N–H and O–H groups in total. The molecule has 0 saturated carbocycles. The lowest BCUT2D eigenvalue weighted by atomic mass is 10.2. The van der Waals surface area contributed by atoms with Gasteiger partial charge in [0.1, 0.15) is 14.9 Å². The molecule has 2 heterocycles. The lowest BCUT2D eigenvalue weighted by molar-refractivity contribution is 1.09. The fourth-order valence-electron chi connectivity index (χ4n) is 1.22. The summed E-state index contributed by atoms with van der Waals surface area (Å²) in [6.45, 7) is 1.99. The van der Waals surface area contributed by atoms with Crippen molar-refractivity contribution < 1.29 is 0 Å². The molecule has 0 saturated heterocycles. The van der Waals surface area contributed by atoms with Crippen molar-refractivity contribution in [2.75, 3.05) is 0 Å². The van der Waals surface area contributed by atoms with E-state index < -0.39 is 0 Å². The largest absolute Gasteiger partial charge is 0.253 e. The maximum absolute atomic E-state index is 4.28.